The Labute approximate surface area is 161 Å². The van der Waals surface area contributed by atoms with E-state index in [9.17, 15) is 13.2 Å². The smallest absolute Gasteiger partial charge is 0.251 e. The third-order valence-corrected chi connectivity index (χ3v) is 5.57. The van der Waals surface area contributed by atoms with Gasteiger partial charge in [0.25, 0.3) is 5.91 Å². The van der Waals surface area contributed by atoms with Crippen molar-refractivity contribution in [3.05, 3.63) is 59.7 Å². The van der Waals surface area contributed by atoms with Gasteiger partial charge in [-0.05, 0) is 30.7 Å². The standard InChI is InChI=1S/C20H26N2O4S/c1-3-4-7-13-22-27(24,25)18-11-8-10-16(14-18)20(23)21-15-17-9-5-6-12-19(17)26-2/h5-6,8-12,14,22H,3-4,7,13,15H2,1-2H3,(H,21,23). The number of methoxy groups -OCH3 is 1. The van der Waals surface area contributed by atoms with Gasteiger partial charge in [0.1, 0.15) is 5.75 Å². The van der Waals surface area contributed by atoms with Crippen LogP contribution in [0.1, 0.15) is 42.1 Å². The molecule has 0 aliphatic heterocycles. The van der Waals surface area contributed by atoms with Crippen LogP contribution >= 0.6 is 0 Å². The molecule has 2 aromatic carbocycles. The van der Waals surface area contributed by atoms with Gasteiger partial charge in [-0.3, -0.25) is 4.79 Å². The summed E-state index contributed by atoms with van der Waals surface area (Å²) >= 11 is 0. The van der Waals surface area contributed by atoms with Gasteiger partial charge in [-0.15, -0.1) is 0 Å². The van der Waals surface area contributed by atoms with Crippen LogP contribution in [0, 0.1) is 0 Å². The van der Waals surface area contributed by atoms with E-state index in [1.165, 1.54) is 12.1 Å². The van der Waals surface area contributed by atoms with Gasteiger partial charge in [0.05, 0.1) is 12.0 Å². The zero-order valence-corrected chi connectivity index (χ0v) is 16.5. The maximum absolute atomic E-state index is 12.4. The molecule has 2 aromatic rings. The van der Waals surface area contributed by atoms with Crippen molar-refractivity contribution in [3.63, 3.8) is 0 Å². The number of ether oxygens (including phenoxy) is 1. The first kappa shape index (κ1) is 20.9. The van der Waals surface area contributed by atoms with Crippen LogP contribution in [0.5, 0.6) is 5.75 Å². The third-order valence-electron chi connectivity index (χ3n) is 4.11. The molecule has 0 saturated carbocycles. The van der Waals surface area contributed by atoms with Crippen LogP contribution in [-0.4, -0.2) is 28.0 Å². The molecule has 0 fully saturated rings. The van der Waals surface area contributed by atoms with E-state index in [2.05, 4.69) is 17.0 Å². The van der Waals surface area contributed by atoms with Gasteiger partial charge in [0.2, 0.25) is 10.0 Å². The van der Waals surface area contributed by atoms with E-state index >= 15 is 0 Å². The van der Waals surface area contributed by atoms with E-state index in [-0.39, 0.29) is 17.3 Å². The molecule has 2 N–H and O–H groups in total. The zero-order chi connectivity index (χ0) is 19.7. The molecule has 0 bridgehead atoms. The van der Waals surface area contributed by atoms with Gasteiger partial charge in [-0.25, -0.2) is 13.1 Å². The summed E-state index contributed by atoms with van der Waals surface area (Å²) in [4.78, 5) is 12.5. The molecule has 0 radical (unpaired) electrons. The fourth-order valence-electron chi connectivity index (χ4n) is 2.60. The van der Waals surface area contributed by atoms with Crippen LogP contribution in [0.3, 0.4) is 0 Å². The summed E-state index contributed by atoms with van der Waals surface area (Å²) in [6.45, 7) is 2.73. The van der Waals surface area contributed by atoms with E-state index < -0.39 is 10.0 Å². The summed E-state index contributed by atoms with van der Waals surface area (Å²) in [7, 11) is -2.05. The highest BCUT2D eigenvalue weighted by Gasteiger charge is 2.16. The number of hydrogen-bond donors (Lipinski definition) is 2. The molecule has 0 aromatic heterocycles. The maximum atomic E-state index is 12.4. The Morgan fingerprint density at radius 3 is 2.59 bits per heavy atom. The quantitative estimate of drug-likeness (QED) is 0.611. The van der Waals surface area contributed by atoms with Gasteiger partial charge in [0, 0.05) is 24.2 Å². The molecule has 0 unspecified atom stereocenters. The summed E-state index contributed by atoms with van der Waals surface area (Å²) in [5.74, 6) is 0.342. The number of sulfonamides is 1. The monoisotopic (exact) mass is 390 g/mol. The minimum atomic E-state index is -3.62. The molecule has 0 heterocycles. The summed E-state index contributed by atoms with van der Waals surface area (Å²) in [6.07, 6.45) is 2.77. The van der Waals surface area contributed by atoms with Gasteiger partial charge < -0.3 is 10.1 Å². The Morgan fingerprint density at radius 1 is 1.07 bits per heavy atom. The van der Waals surface area contributed by atoms with Crippen molar-refractivity contribution in [1.29, 1.82) is 0 Å². The zero-order valence-electron chi connectivity index (χ0n) is 15.7. The highest BCUT2D eigenvalue weighted by Crippen LogP contribution is 2.17. The molecule has 1 amide bonds. The van der Waals surface area contributed by atoms with Crippen molar-refractivity contribution >= 4 is 15.9 Å². The highest BCUT2D eigenvalue weighted by molar-refractivity contribution is 7.89. The predicted molar refractivity (Wildman–Crippen MR) is 105 cm³/mol. The molecule has 2 rings (SSSR count). The van der Waals surface area contributed by atoms with E-state index in [4.69, 9.17) is 4.74 Å². The lowest BCUT2D eigenvalue weighted by Crippen LogP contribution is -2.26. The van der Waals surface area contributed by atoms with E-state index in [0.29, 0.717) is 17.9 Å². The molecule has 27 heavy (non-hydrogen) atoms. The van der Waals surface area contributed by atoms with E-state index in [0.717, 1.165) is 24.8 Å². The van der Waals surface area contributed by atoms with Crippen LogP contribution < -0.4 is 14.8 Å². The molecule has 6 nitrogen and oxygen atoms in total. The van der Waals surface area contributed by atoms with Crippen molar-refractivity contribution in [2.75, 3.05) is 13.7 Å². The Morgan fingerprint density at radius 2 is 1.85 bits per heavy atom. The number of amides is 1. The van der Waals surface area contributed by atoms with Crippen LogP contribution in [0.25, 0.3) is 0 Å². The minimum Gasteiger partial charge on any atom is -0.496 e. The summed E-state index contributed by atoms with van der Waals surface area (Å²) < 4.78 is 32.6. The number of hydrogen-bond acceptors (Lipinski definition) is 4. The van der Waals surface area contributed by atoms with Crippen LogP contribution in [0.4, 0.5) is 0 Å². The lowest BCUT2D eigenvalue weighted by molar-refractivity contribution is 0.0950. The topological polar surface area (TPSA) is 84.5 Å². The van der Waals surface area contributed by atoms with Crippen LogP contribution in [0.2, 0.25) is 0 Å². The van der Waals surface area contributed by atoms with Crippen molar-refractivity contribution < 1.29 is 17.9 Å². The second kappa shape index (κ2) is 10.1. The average molecular weight is 391 g/mol. The molecular formula is C20H26N2O4S. The van der Waals surface area contributed by atoms with E-state index in [1.54, 1.807) is 19.2 Å². The highest BCUT2D eigenvalue weighted by atomic mass is 32.2. The van der Waals surface area contributed by atoms with Gasteiger partial charge in [0.15, 0.2) is 0 Å². The first-order valence-electron chi connectivity index (χ1n) is 8.97. The maximum Gasteiger partial charge on any atom is 0.251 e. The lowest BCUT2D eigenvalue weighted by atomic mass is 10.2. The summed E-state index contributed by atoms with van der Waals surface area (Å²) in [5, 5.41) is 2.79. The molecule has 0 atom stereocenters. The largest absolute Gasteiger partial charge is 0.496 e. The van der Waals surface area contributed by atoms with Crippen molar-refractivity contribution in [2.45, 2.75) is 37.6 Å². The van der Waals surface area contributed by atoms with Crippen molar-refractivity contribution in [1.82, 2.24) is 10.0 Å². The number of unbranched alkanes of at least 4 members (excludes halogenated alkanes) is 2. The lowest BCUT2D eigenvalue weighted by Gasteiger charge is -2.11. The first-order valence-corrected chi connectivity index (χ1v) is 10.5. The molecule has 146 valence electrons. The number of benzene rings is 2. The Hall–Kier alpha value is -2.38. The number of carbonyl (C=O) groups is 1. The normalized spacial score (nSPS) is 11.2. The predicted octanol–water partition coefficient (Wildman–Crippen LogP) is 3.09. The van der Waals surface area contributed by atoms with Gasteiger partial charge >= 0.3 is 0 Å². The molecule has 0 aliphatic carbocycles. The molecule has 0 aliphatic rings. The molecule has 0 spiro atoms. The molecular weight excluding hydrogens is 364 g/mol. The van der Waals surface area contributed by atoms with Crippen molar-refractivity contribution in [2.24, 2.45) is 0 Å². The Kier molecular flexibility index (Phi) is 7.82. The Bertz CT molecular complexity index is 866. The number of para-hydroxylation sites is 1. The third kappa shape index (κ3) is 6.08. The molecule has 0 saturated heterocycles. The fourth-order valence-corrected chi connectivity index (χ4v) is 3.72. The van der Waals surface area contributed by atoms with Crippen LogP contribution in [0.15, 0.2) is 53.4 Å². The van der Waals surface area contributed by atoms with E-state index in [1.807, 2.05) is 24.3 Å². The second-order valence-corrected chi connectivity index (χ2v) is 7.89. The molecule has 7 heteroatoms. The second-order valence-electron chi connectivity index (χ2n) is 6.13. The van der Waals surface area contributed by atoms with Crippen molar-refractivity contribution in [3.8, 4) is 5.75 Å². The van der Waals surface area contributed by atoms with Gasteiger partial charge in [-0.2, -0.15) is 0 Å². The SMILES string of the molecule is CCCCCNS(=O)(=O)c1cccc(C(=O)NCc2ccccc2OC)c1. The number of nitrogens with one attached hydrogen (secondary N) is 2. The fraction of sp³-hybridized carbons (Fsp3) is 0.350. The van der Waals surface area contributed by atoms with Crippen LogP contribution in [-0.2, 0) is 16.6 Å². The minimum absolute atomic E-state index is 0.0870. The Balaban J connectivity index is 2.04. The number of carbonyl (C=O) groups excluding carboxylic acids is 1. The van der Waals surface area contributed by atoms with Gasteiger partial charge in [-0.1, -0.05) is 44.0 Å². The summed E-state index contributed by atoms with van der Waals surface area (Å²) in [6, 6.07) is 13.4. The summed E-state index contributed by atoms with van der Waals surface area (Å²) in [5.41, 5.74) is 1.14. The average Bonchev–Trinajstić information content (AvgIpc) is 2.69. The number of rotatable bonds is 10. The first-order chi connectivity index (χ1) is 13.0.